The highest BCUT2D eigenvalue weighted by Gasteiger charge is 2.12. The summed E-state index contributed by atoms with van der Waals surface area (Å²) in [5.41, 5.74) is 3.44. The summed E-state index contributed by atoms with van der Waals surface area (Å²) in [6, 6.07) is 15.7. The first-order valence-electron chi connectivity index (χ1n) is 10.2. The Balaban J connectivity index is 1.58. The van der Waals surface area contributed by atoms with Gasteiger partial charge in [-0.05, 0) is 67.3 Å². The normalized spacial score (nSPS) is 10.5. The Hall–Kier alpha value is -3.94. The predicted molar refractivity (Wildman–Crippen MR) is 122 cm³/mol. The zero-order valence-electron chi connectivity index (χ0n) is 18.3. The molecule has 0 atom stereocenters. The number of benzene rings is 2. The van der Waals surface area contributed by atoms with Crippen molar-refractivity contribution in [3.8, 4) is 5.75 Å². The molecule has 2 amide bonds. The molecule has 2 N–H and O–H groups in total. The summed E-state index contributed by atoms with van der Waals surface area (Å²) in [4.78, 5) is 36.9. The number of ether oxygens (including phenoxy) is 1. The fourth-order valence-electron chi connectivity index (χ4n) is 3.03. The number of hydrogen-bond acceptors (Lipinski definition) is 5. The minimum Gasteiger partial charge on any atom is -0.497 e. The van der Waals surface area contributed by atoms with E-state index in [1.807, 2.05) is 50.2 Å². The van der Waals surface area contributed by atoms with Crippen LogP contribution in [0.15, 0.2) is 59.4 Å². The molecule has 0 saturated heterocycles. The molecule has 2 aromatic carbocycles. The fraction of sp³-hybridized carbons (Fsp3) is 0.250. The minimum absolute atomic E-state index is 0.0499. The summed E-state index contributed by atoms with van der Waals surface area (Å²) < 4.78 is 6.11. The van der Waals surface area contributed by atoms with Crippen LogP contribution in [-0.2, 0) is 17.8 Å². The molecule has 0 spiro atoms. The maximum absolute atomic E-state index is 12.5. The van der Waals surface area contributed by atoms with E-state index in [1.54, 1.807) is 13.2 Å². The summed E-state index contributed by atoms with van der Waals surface area (Å²) in [5, 5.41) is 9.58. The number of rotatable bonds is 8. The maximum atomic E-state index is 12.5. The first-order valence-corrected chi connectivity index (χ1v) is 10.2. The number of aromatic nitrogens is 2. The van der Waals surface area contributed by atoms with Crippen LogP contribution in [0.3, 0.4) is 0 Å². The van der Waals surface area contributed by atoms with Crippen LogP contribution in [0.25, 0.3) is 0 Å². The molecule has 3 aromatic rings. The van der Waals surface area contributed by atoms with E-state index in [4.69, 9.17) is 4.74 Å². The van der Waals surface area contributed by atoms with Gasteiger partial charge in [-0.1, -0.05) is 18.2 Å². The average molecular weight is 434 g/mol. The van der Waals surface area contributed by atoms with E-state index in [-0.39, 0.29) is 18.1 Å². The Morgan fingerprint density at radius 1 is 1.00 bits per heavy atom. The minimum atomic E-state index is -0.460. The lowest BCUT2D eigenvalue weighted by Gasteiger charge is -2.10. The van der Waals surface area contributed by atoms with Crippen molar-refractivity contribution in [3.05, 3.63) is 87.3 Å². The quantitative estimate of drug-likeness (QED) is 0.567. The van der Waals surface area contributed by atoms with Crippen molar-refractivity contribution >= 4 is 17.5 Å². The monoisotopic (exact) mass is 434 g/mol. The standard InChI is InChI=1S/C24H26N4O4/c1-16-4-7-19(14-17(16)2)26-24(31)21-10-11-23(30)28(27-21)15-22(29)25-13-12-18-5-8-20(32-3)9-6-18/h4-11,14H,12-13,15H2,1-3H3,(H,25,29)(H,26,31). The Morgan fingerprint density at radius 3 is 2.44 bits per heavy atom. The van der Waals surface area contributed by atoms with Gasteiger partial charge in [-0.15, -0.1) is 0 Å². The third-order valence-electron chi connectivity index (χ3n) is 5.05. The fourth-order valence-corrected chi connectivity index (χ4v) is 3.03. The Kier molecular flexibility index (Phi) is 7.38. The molecular formula is C24H26N4O4. The van der Waals surface area contributed by atoms with E-state index in [9.17, 15) is 14.4 Å². The molecule has 0 unspecified atom stereocenters. The maximum Gasteiger partial charge on any atom is 0.276 e. The summed E-state index contributed by atoms with van der Waals surface area (Å²) in [6.45, 7) is 4.08. The van der Waals surface area contributed by atoms with Crippen LogP contribution in [0.5, 0.6) is 5.75 Å². The van der Waals surface area contributed by atoms with E-state index in [2.05, 4.69) is 15.7 Å². The van der Waals surface area contributed by atoms with Crippen LogP contribution in [0, 0.1) is 13.8 Å². The molecule has 0 bridgehead atoms. The lowest BCUT2D eigenvalue weighted by molar-refractivity contribution is -0.121. The van der Waals surface area contributed by atoms with Crippen LogP contribution in [0.2, 0.25) is 0 Å². The number of hydrogen-bond donors (Lipinski definition) is 2. The number of amides is 2. The zero-order chi connectivity index (χ0) is 23.1. The highest BCUT2D eigenvalue weighted by molar-refractivity contribution is 6.02. The van der Waals surface area contributed by atoms with Crippen LogP contribution in [0.1, 0.15) is 27.2 Å². The van der Waals surface area contributed by atoms with Gasteiger partial charge >= 0.3 is 0 Å². The van der Waals surface area contributed by atoms with E-state index in [1.165, 1.54) is 12.1 Å². The molecular weight excluding hydrogens is 408 g/mol. The highest BCUT2D eigenvalue weighted by Crippen LogP contribution is 2.15. The van der Waals surface area contributed by atoms with Crippen molar-refractivity contribution in [3.63, 3.8) is 0 Å². The van der Waals surface area contributed by atoms with Gasteiger partial charge in [0.05, 0.1) is 7.11 Å². The van der Waals surface area contributed by atoms with E-state index in [0.29, 0.717) is 18.7 Å². The second kappa shape index (κ2) is 10.4. The molecule has 0 aliphatic heterocycles. The van der Waals surface area contributed by atoms with Crippen molar-refractivity contribution < 1.29 is 14.3 Å². The first-order chi connectivity index (χ1) is 15.4. The molecule has 0 aliphatic rings. The summed E-state index contributed by atoms with van der Waals surface area (Å²) >= 11 is 0. The molecule has 32 heavy (non-hydrogen) atoms. The molecule has 3 rings (SSSR count). The SMILES string of the molecule is COc1ccc(CCNC(=O)Cn2nc(C(=O)Nc3ccc(C)c(C)c3)ccc2=O)cc1. The van der Waals surface area contributed by atoms with Crippen LogP contribution in [0.4, 0.5) is 5.69 Å². The molecule has 0 radical (unpaired) electrons. The molecule has 1 aromatic heterocycles. The molecule has 0 fully saturated rings. The third-order valence-corrected chi connectivity index (χ3v) is 5.05. The molecule has 166 valence electrons. The number of methoxy groups -OCH3 is 1. The molecule has 8 nitrogen and oxygen atoms in total. The first kappa shape index (κ1) is 22.7. The highest BCUT2D eigenvalue weighted by atomic mass is 16.5. The predicted octanol–water partition coefficient (Wildman–Crippen LogP) is 2.48. The summed E-state index contributed by atoms with van der Waals surface area (Å²) in [7, 11) is 1.60. The summed E-state index contributed by atoms with van der Waals surface area (Å²) in [5.74, 6) is -0.0496. The Morgan fingerprint density at radius 2 is 1.75 bits per heavy atom. The van der Waals surface area contributed by atoms with Gasteiger partial charge in [0.25, 0.3) is 11.5 Å². The number of carbonyl (C=O) groups excluding carboxylic acids is 2. The van der Waals surface area contributed by atoms with Crippen LogP contribution >= 0.6 is 0 Å². The van der Waals surface area contributed by atoms with Crippen molar-refractivity contribution in [1.82, 2.24) is 15.1 Å². The van der Waals surface area contributed by atoms with Gasteiger partial charge < -0.3 is 15.4 Å². The van der Waals surface area contributed by atoms with Gasteiger partial charge in [0, 0.05) is 18.3 Å². The van der Waals surface area contributed by atoms with Crippen molar-refractivity contribution in [2.24, 2.45) is 0 Å². The van der Waals surface area contributed by atoms with E-state index >= 15 is 0 Å². The molecule has 8 heteroatoms. The summed E-state index contributed by atoms with van der Waals surface area (Å²) in [6.07, 6.45) is 0.635. The average Bonchev–Trinajstić information content (AvgIpc) is 2.78. The lowest BCUT2D eigenvalue weighted by Crippen LogP contribution is -2.35. The Bertz CT molecular complexity index is 1170. The van der Waals surface area contributed by atoms with E-state index in [0.717, 1.165) is 27.1 Å². The topological polar surface area (TPSA) is 102 Å². The van der Waals surface area contributed by atoms with Gasteiger partial charge in [-0.3, -0.25) is 14.4 Å². The van der Waals surface area contributed by atoms with Gasteiger partial charge in [0.1, 0.15) is 18.0 Å². The van der Waals surface area contributed by atoms with Crippen molar-refractivity contribution in [1.29, 1.82) is 0 Å². The third kappa shape index (κ3) is 6.04. The number of carbonyl (C=O) groups is 2. The number of aryl methyl sites for hydroxylation is 2. The second-order valence-corrected chi connectivity index (χ2v) is 7.42. The van der Waals surface area contributed by atoms with Gasteiger partial charge in [0.2, 0.25) is 5.91 Å². The van der Waals surface area contributed by atoms with E-state index < -0.39 is 11.5 Å². The molecule has 0 saturated carbocycles. The van der Waals surface area contributed by atoms with Gasteiger partial charge in [-0.25, -0.2) is 4.68 Å². The van der Waals surface area contributed by atoms with Crippen molar-refractivity contribution in [2.45, 2.75) is 26.8 Å². The number of anilines is 1. The van der Waals surface area contributed by atoms with Crippen LogP contribution < -0.4 is 20.9 Å². The zero-order valence-corrected chi connectivity index (χ0v) is 18.3. The molecule has 0 aliphatic carbocycles. The van der Waals surface area contributed by atoms with Crippen molar-refractivity contribution in [2.75, 3.05) is 19.0 Å². The van der Waals surface area contributed by atoms with Gasteiger partial charge in [-0.2, -0.15) is 5.10 Å². The Labute approximate surface area is 186 Å². The largest absolute Gasteiger partial charge is 0.497 e. The number of nitrogens with zero attached hydrogens (tertiary/aromatic N) is 2. The number of nitrogens with one attached hydrogen (secondary N) is 2. The van der Waals surface area contributed by atoms with Gasteiger partial charge in [0.15, 0.2) is 0 Å². The smallest absolute Gasteiger partial charge is 0.276 e. The second-order valence-electron chi connectivity index (χ2n) is 7.42. The molecule has 1 heterocycles. The lowest BCUT2D eigenvalue weighted by atomic mass is 10.1. The van der Waals surface area contributed by atoms with Crippen LogP contribution in [-0.4, -0.2) is 35.2 Å².